The van der Waals surface area contributed by atoms with Crippen molar-refractivity contribution in [1.82, 2.24) is 19.5 Å². The van der Waals surface area contributed by atoms with Gasteiger partial charge in [0, 0.05) is 30.1 Å². The molecule has 4 rings (SSSR count). The highest BCUT2D eigenvalue weighted by Gasteiger charge is 2.29. The van der Waals surface area contributed by atoms with Crippen molar-refractivity contribution in [3.05, 3.63) is 51.6 Å². The van der Waals surface area contributed by atoms with Crippen LogP contribution in [0.5, 0.6) is 0 Å². The highest BCUT2D eigenvalue weighted by atomic mass is 32.1. The summed E-state index contributed by atoms with van der Waals surface area (Å²) in [6, 6.07) is 8.03. The van der Waals surface area contributed by atoms with Gasteiger partial charge in [0.2, 0.25) is 0 Å². The molecule has 136 valence electrons. The lowest BCUT2D eigenvalue weighted by Crippen LogP contribution is -2.39. The van der Waals surface area contributed by atoms with Gasteiger partial charge in [-0.1, -0.05) is 19.4 Å². The number of hydrogen-bond donors (Lipinski definition) is 0. The highest BCUT2D eigenvalue weighted by Crippen LogP contribution is 2.29. The minimum atomic E-state index is 0.166. The van der Waals surface area contributed by atoms with E-state index >= 15 is 0 Å². The summed E-state index contributed by atoms with van der Waals surface area (Å²) < 4.78 is 2.05. The highest BCUT2D eigenvalue weighted by molar-refractivity contribution is 7.14. The van der Waals surface area contributed by atoms with Crippen molar-refractivity contribution in [1.29, 1.82) is 0 Å². The topological polar surface area (TPSA) is 50.5 Å². The standard InChI is InChI=1S/C20H24N4OS/c1-3-7-15-12-17(26-14(15)2)20(25)23-10-6-8-16(13-23)19-22-21-18-9-4-5-11-24(18)19/h4-5,9,11-12,16H,3,6-8,10,13H2,1-2H3/t16-/m0/s1. The molecule has 1 aliphatic heterocycles. The van der Waals surface area contributed by atoms with Crippen LogP contribution in [0.15, 0.2) is 30.5 Å². The minimum Gasteiger partial charge on any atom is -0.337 e. The van der Waals surface area contributed by atoms with E-state index in [0.29, 0.717) is 6.54 Å². The summed E-state index contributed by atoms with van der Waals surface area (Å²) in [5.41, 5.74) is 2.18. The first kappa shape index (κ1) is 17.2. The molecule has 1 atom stereocenters. The van der Waals surface area contributed by atoms with Crippen molar-refractivity contribution in [2.45, 2.75) is 45.4 Å². The first-order valence-electron chi connectivity index (χ1n) is 9.35. The van der Waals surface area contributed by atoms with E-state index in [9.17, 15) is 4.79 Å². The van der Waals surface area contributed by atoms with Crippen LogP contribution in [0.25, 0.3) is 5.65 Å². The fourth-order valence-corrected chi connectivity index (χ4v) is 4.85. The molecule has 3 aromatic heterocycles. The van der Waals surface area contributed by atoms with E-state index in [0.717, 1.165) is 48.6 Å². The zero-order valence-electron chi connectivity index (χ0n) is 15.3. The quantitative estimate of drug-likeness (QED) is 0.697. The molecule has 6 heteroatoms. The summed E-state index contributed by atoms with van der Waals surface area (Å²) in [6.07, 6.45) is 6.21. The number of amides is 1. The maximum Gasteiger partial charge on any atom is 0.263 e. The zero-order chi connectivity index (χ0) is 18.1. The van der Waals surface area contributed by atoms with Gasteiger partial charge in [-0.25, -0.2) is 0 Å². The van der Waals surface area contributed by atoms with Crippen molar-refractivity contribution in [3.63, 3.8) is 0 Å². The third-order valence-corrected chi connectivity index (χ3v) is 6.25. The number of hydrogen-bond acceptors (Lipinski definition) is 4. The molecule has 5 nitrogen and oxygen atoms in total. The Balaban J connectivity index is 1.55. The molecular weight excluding hydrogens is 344 g/mol. The van der Waals surface area contributed by atoms with Gasteiger partial charge in [0.15, 0.2) is 5.65 Å². The number of likely N-dealkylation sites (tertiary alicyclic amines) is 1. The Kier molecular flexibility index (Phi) is 4.76. The Bertz CT molecular complexity index is 929. The number of fused-ring (bicyclic) bond motifs is 1. The van der Waals surface area contributed by atoms with E-state index in [1.165, 1.54) is 10.4 Å². The Morgan fingerprint density at radius 3 is 3.08 bits per heavy atom. The number of piperidine rings is 1. The molecule has 1 aliphatic rings. The summed E-state index contributed by atoms with van der Waals surface area (Å²) in [7, 11) is 0. The largest absolute Gasteiger partial charge is 0.337 e. The van der Waals surface area contributed by atoms with Crippen LogP contribution in [-0.4, -0.2) is 38.5 Å². The predicted octanol–water partition coefficient (Wildman–Crippen LogP) is 4.07. The molecule has 0 unspecified atom stereocenters. The molecule has 0 bridgehead atoms. The SMILES string of the molecule is CCCc1cc(C(=O)N2CCC[C@H](c3nnc4ccccn34)C2)sc1C. The normalized spacial score (nSPS) is 17.8. The Morgan fingerprint density at radius 1 is 1.35 bits per heavy atom. The first-order valence-corrected chi connectivity index (χ1v) is 10.2. The van der Waals surface area contributed by atoms with Crippen LogP contribution < -0.4 is 0 Å². The van der Waals surface area contributed by atoms with Crippen molar-refractivity contribution in [2.75, 3.05) is 13.1 Å². The molecule has 0 aromatic carbocycles. The Morgan fingerprint density at radius 2 is 2.23 bits per heavy atom. The summed E-state index contributed by atoms with van der Waals surface area (Å²) in [4.78, 5) is 17.2. The van der Waals surface area contributed by atoms with E-state index in [1.54, 1.807) is 11.3 Å². The van der Waals surface area contributed by atoms with Gasteiger partial charge in [0.25, 0.3) is 5.91 Å². The van der Waals surface area contributed by atoms with E-state index in [2.05, 4.69) is 30.1 Å². The number of pyridine rings is 1. The van der Waals surface area contributed by atoms with Crippen LogP contribution in [0.3, 0.4) is 0 Å². The second-order valence-electron chi connectivity index (χ2n) is 7.02. The Hall–Kier alpha value is -2.21. The van der Waals surface area contributed by atoms with Gasteiger partial charge in [0.05, 0.1) is 4.88 Å². The van der Waals surface area contributed by atoms with E-state index in [4.69, 9.17) is 0 Å². The minimum absolute atomic E-state index is 0.166. The number of thiophene rings is 1. The summed E-state index contributed by atoms with van der Waals surface area (Å²) in [5.74, 6) is 1.37. The van der Waals surface area contributed by atoms with Crippen molar-refractivity contribution >= 4 is 22.9 Å². The van der Waals surface area contributed by atoms with Gasteiger partial charge in [-0.2, -0.15) is 0 Å². The molecule has 1 fully saturated rings. The van der Waals surface area contributed by atoms with Gasteiger partial charge in [-0.15, -0.1) is 21.5 Å². The zero-order valence-corrected chi connectivity index (χ0v) is 16.1. The van der Waals surface area contributed by atoms with E-state index in [-0.39, 0.29) is 11.8 Å². The molecule has 1 amide bonds. The van der Waals surface area contributed by atoms with E-state index in [1.807, 2.05) is 33.7 Å². The maximum absolute atomic E-state index is 13.0. The van der Waals surface area contributed by atoms with Gasteiger partial charge in [0.1, 0.15) is 5.82 Å². The summed E-state index contributed by atoms with van der Waals surface area (Å²) in [5, 5.41) is 8.67. The second-order valence-corrected chi connectivity index (χ2v) is 8.28. The molecule has 0 saturated carbocycles. The molecule has 26 heavy (non-hydrogen) atoms. The predicted molar refractivity (Wildman–Crippen MR) is 104 cm³/mol. The third kappa shape index (κ3) is 3.14. The van der Waals surface area contributed by atoms with Crippen LogP contribution in [0, 0.1) is 6.92 Å². The van der Waals surface area contributed by atoms with Crippen LogP contribution in [-0.2, 0) is 6.42 Å². The lowest BCUT2D eigenvalue weighted by atomic mass is 9.97. The first-order chi connectivity index (χ1) is 12.7. The second kappa shape index (κ2) is 7.19. The van der Waals surface area contributed by atoms with Gasteiger partial charge < -0.3 is 4.90 Å². The van der Waals surface area contributed by atoms with Crippen molar-refractivity contribution in [2.24, 2.45) is 0 Å². The molecule has 0 radical (unpaired) electrons. The molecule has 0 N–H and O–H groups in total. The number of carbonyl (C=O) groups excluding carboxylic acids is 1. The smallest absolute Gasteiger partial charge is 0.263 e. The Labute approximate surface area is 157 Å². The lowest BCUT2D eigenvalue weighted by molar-refractivity contribution is 0.0709. The summed E-state index contributed by atoms with van der Waals surface area (Å²) >= 11 is 1.63. The number of aromatic nitrogens is 3. The molecule has 0 aliphatic carbocycles. The van der Waals surface area contributed by atoms with Crippen molar-refractivity contribution < 1.29 is 4.79 Å². The lowest BCUT2D eigenvalue weighted by Gasteiger charge is -2.31. The average molecular weight is 369 g/mol. The van der Waals surface area contributed by atoms with Crippen LogP contribution in [0.2, 0.25) is 0 Å². The van der Waals surface area contributed by atoms with Crippen molar-refractivity contribution in [3.8, 4) is 0 Å². The number of nitrogens with zero attached hydrogens (tertiary/aromatic N) is 4. The third-order valence-electron chi connectivity index (χ3n) is 5.16. The number of carbonyl (C=O) groups is 1. The van der Waals surface area contributed by atoms with Gasteiger partial charge in [-0.3, -0.25) is 9.20 Å². The van der Waals surface area contributed by atoms with Gasteiger partial charge >= 0.3 is 0 Å². The molecule has 3 aromatic rings. The molecule has 4 heterocycles. The number of aryl methyl sites for hydroxylation is 2. The summed E-state index contributed by atoms with van der Waals surface area (Å²) in [6.45, 7) is 5.84. The average Bonchev–Trinajstić information content (AvgIpc) is 3.26. The van der Waals surface area contributed by atoms with Crippen LogP contribution in [0.1, 0.15) is 58.0 Å². The molecule has 1 saturated heterocycles. The fourth-order valence-electron chi connectivity index (χ4n) is 3.81. The van der Waals surface area contributed by atoms with Crippen LogP contribution in [0.4, 0.5) is 0 Å². The maximum atomic E-state index is 13.0. The van der Waals surface area contributed by atoms with E-state index < -0.39 is 0 Å². The fraction of sp³-hybridized carbons (Fsp3) is 0.450. The molecule has 0 spiro atoms. The van der Waals surface area contributed by atoms with Gasteiger partial charge in [-0.05, 0) is 49.9 Å². The number of rotatable bonds is 4. The monoisotopic (exact) mass is 368 g/mol. The molecular formula is C20H24N4OS. The van der Waals surface area contributed by atoms with Crippen LogP contribution >= 0.6 is 11.3 Å².